The Morgan fingerprint density at radius 3 is 1.92 bits per heavy atom. The standard InChI is InChI=1S/C55H39N5/c56-54(38-16-6-2-7-17-38)58-55(57-36-37-14-4-1-5-15-37)43-25-24-40-33-45(29-26-39(40)32-43)60-51-23-13-11-21-47(51)49-35-42(28-31-53(49)60)41-27-30-52-48(34-41)46-20-10-12-22-50(46)59(52)44-18-8-3-9-19-44/h1-9,11,13-36,56H,10,12H2. The number of para-hydroxylation sites is 2. The maximum absolute atomic E-state index is 8.79. The fourth-order valence-corrected chi connectivity index (χ4v) is 8.78. The van der Waals surface area contributed by atoms with Crippen LogP contribution in [0.5, 0.6) is 0 Å². The van der Waals surface area contributed by atoms with Crippen molar-refractivity contribution in [2.45, 2.75) is 12.8 Å². The van der Waals surface area contributed by atoms with Gasteiger partial charge in [-0.25, -0.2) is 9.98 Å². The first-order chi connectivity index (χ1) is 29.7. The zero-order valence-corrected chi connectivity index (χ0v) is 32.8. The van der Waals surface area contributed by atoms with Crippen molar-refractivity contribution in [3.05, 3.63) is 215 Å². The summed E-state index contributed by atoms with van der Waals surface area (Å²) in [5.41, 5.74) is 10.8. The molecule has 0 spiro atoms. The largest absolute Gasteiger partial charge is 0.310 e. The van der Waals surface area contributed by atoms with Gasteiger partial charge in [-0.2, -0.15) is 0 Å². The zero-order chi connectivity index (χ0) is 40.0. The lowest BCUT2D eigenvalue weighted by atomic mass is 10.0. The van der Waals surface area contributed by atoms with Gasteiger partial charge < -0.3 is 9.13 Å². The molecule has 5 heteroatoms. The minimum absolute atomic E-state index is 0.166. The SMILES string of the molecule is N=C(N=C(N=Cc1ccccc1)c1ccc2cc(-n3c4ccccc4c4cc(-c5ccc6c(c5)c5c(n6-c6ccccc6)=CCCC=5)ccc43)ccc2c1)c1ccccc1. The molecule has 2 aromatic heterocycles. The molecular weight excluding hydrogens is 731 g/mol. The van der Waals surface area contributed by atoms with Gasteiger partial charge in [-0.3, -0.25) is 5.41 Å². The van der Waals surface area contributed by atoms with Gasteiger partial charge in [-0.05, 0) is 101 Å². The molecule has 10 aromatic rings. The van der Waals surface area contributed by atoms with E-state index in [-0.39, 0.29) is 5.84 Å². The molecular formula is C55H39N5. The summed E-state index contributed by atoms with van der Waals surface area (Å²) in [6.45, 7) is 0. The average molecular weight is 770 g/mol. The number of fused-ring (bicyclic) bond motifs is 7. The number of aromatic nitrogens is 2. The number of amidine groups is 2. The van der Waals surface area contributed by atoms with E-state index >= 15 is 0 Å². The van der Waals surface area contributed by atoms with Gasteiger partial charge in [0.05, 0.1) is 16.6 Å². The molecule has 0 atom stereocenters. The Balaban J connectivity index is 0.987. The fraction of sp³-hybridized carbons (Fsp3) is 0.0364. The lowest BCUT2D eigenvalue weighted by Gasteiger charge is -2.11. The van der Waals surface area contributed by atoms with Crippen LogP contribution in [0.3, 0.4) is 0 Å². The van der Waals surface area contributed by atoms with E-state index < -0.39 is 0 Å². The first kappa shape index (κ1) is 35.3. The van der Waals surface area contributed by atoms with Gasteiger partial charge in [0, 0.05) is 55.4 Å². The molecule has 0 unspecified atom stereocenters. The average Bonchev–Trinajstić information content (AvgIpc) is 3.83. The van der Waals surface area contributed by atoms with E-state index in [1.165, 1.54) is 54.6 Å². The summed E-state index contributed by atoms with van der Waals surface area (Å²) in [5.74, 6) is 0.653. The van der Waals surface area contributed by atoms with Crippen LogP contribution in [0.15, 0.2) is 198 Å². The van der Waals surface area contributed by atoms with Crippen LogP contribution < -0.4 is 10.6 Å². The van der Waals surface area contributed by atoms with Crippen LogP contribution in [-0.2, 0) is 0 Å². The van der Waals surface area contributed by atoms with E-state index in [1.54, 1.807) is 0 Å². The normalized spacial score (nSPS) is 12.9. The van der Waals surface area contributed by atoms with Crippen LogP contribution in [0.1, 0.15) is 29.5 Å². The molecule has 0 radical (unpaired) electrons. The molecule has 0 saturated carbocycles. The van der Waals surface area contributed by atoms with Crippen molar-refractivity contribution in [1.29, 1.82) is 5.41 Å². The lowest BCUT2D eigenvalue weighted by Crippen LogP contribution is -2.30. The molecule has 0 bridgehead atoms. The van der Waals surface area contributed by atoms with Gasteiger partial charge in [0.2, 0.25) is 0 Å². The fourth-order valence-electron chi connectivity index (χ4n) is 8.78. The van der Waals surface area contributed by atoms with Gasteiger partial charge in [0.25, 0.3) is 0 Å². The predicted molar refractivity (Wildman–Crippen MR) is 252 cm³/mol. The van der Waals surface area contributed by atoms with E-state index in [1.807, 2.05) is 66.9 Å². The summed E-state index contributed by atoms with van der Waals surface area (Å²) in [6, 6.07) is 65.8. The Kier molecular flexibility index (Phi) is 8.71. The number of benzene rings is 8. The minimum atomic E-state index is 0.166. The van der Waals surface area contributed by atoms with Gasteiger partial charge in [0.1, 0.15) is 0 Å². The highest BCUT2D eigenvalue weighted by Gasteiger charge is 2.16. The summed E-state index contributed by atoms with van der Waals surface area (Å²) in [5, 5.41) is 17.3. The van der Waals surface area contributed by atoms with Crippen LogP contribution in [0.25, 0.3) is 78.1 Å². The third kappa shape index (κ3) is 6.25. The van der Waals surface area contributed by atoms with Gasteiger partial charge in [-0.15, -0.1) is 0 Å². The summed E-state index contributed by atoms with van der Waals surface area (Å²) in [7, 11) is 0. The van der Waals surface area contributed by atoms with E-state index in [0.717, 1.165) is 51.5 Å². The molecule has 0 amide bonds. The number of hydrogen-bond donors (Lipinski definition) is 1. The second-order valence-electron chi connectivity index (χ2n) is 15.3. The Hall–Kier alpha value is -7.89. The van der Waals surface area contributed by atoms with Crippen LogP contribution in [0.4, 0.5) is 0 Å². The first-order valence-electron chi connectivity index (χ1n) is 20.5. The third-order valence-corrected chi connectivity index (χ3v) is 11.7. The smallest absolute Gasteiger partial charge is 0.161 e. The van der Waals surface area contributed by atoms with Crippen molar-refractivity contribution in [2.24, 2.45) is 9.98 Å². The van der Waals surface area contributed by atoms with Crippen LogP contribution >= 0.6 is 0 Å². The van der Waals surface area contributed by atoms with Crippen LogP contribution in [-0.4, -0.2) is 27.0 Å². The third-order valence-electron chi connectivity index (χ3n) is 11.7. The molecule has 8 aromatic carbocycles. The zero-order valence-electron chi connectivity index (χ0n) is 32.8. The highest BCUT2D eigenvalue weighted by Crippen LogP contribution is 2.36. The molecule has 60 heavy (non-hydrogen) atoms. The van der Waals surface area contributed by atoms with Crippen molar-refractivity contribution in [2.75, 3.05) is 0 Å². The number of hydrogen-bond acceptors (Lipinski definition) is 1. The topological polar surface area (TPSA) is 58.4 Å². The summed E-state index contributed by atoms with van der Waals surface area (Å²) >= 11 is 0. The predicted octanol–water partition coefficient (Wildman–Crippen LogP) is 11.8. The van der Waals surface area contributed by atoms with Gasteiger partial charge >= 0.3 is 0 Å². The molecule has 1 aliphatic rings. The van der Waals surface area contributed by atoms with Crippen molar-refractivity contribution in [3.8, 4) is 22.5 Å². The quantitative estimate of drug-likeness (QED) is 0.129. The van der Waals surface area contributed by atoms with Gasteiger partial charge in [0.15, 0.2) is 11.7 Å². The number of nitrogens with one attached hydrogen (secondary N) is 1. The van der Waals surface area contributed by atoms with Crippen LogP contribution in [0, 0.1) is 5.41 Å². The number of rotatable bonds is 6. The maximum Gasteiger partial charge on any atom is 0.161 e. The second kappa shape index (κ2) is 14.8. The van der Waals surface area contributed by atoms with Crippen molar-refractivity contribution >= 4 is 73.5 Å². The van der Waals surface area contributed by atoms with Crippen molar-refractivity contribution in [3.63, 3.8) is 0 Å². The molecule has 11 rings (SSSR count). The Morgan fingerprint density at radius 2 is 1.12 bits per heavy atom. The van der Waals surface area contributed by atoms with Crippen molar-refractivity contribution < 1.29 is 0 Å². The molecule has 5 nitrogen and oxygen atoms in total. The molecule has 0 fully saturated rings. The molecule has 0 saturated heterocycles. The number of aliphatic imine (C=N–C) groups is 2. The Bertz CT molecular complexity index is 3480. The first-order valence-corrected chi connectivity index (χ1v) is 20.5. The maximum atomic E-state index is 8.79. The minimum Gasteiger partial charge on any atom is -0.310 e. The van der Waals surface area contributed by atoms with E-state index in [9.17, 15) is 0 Å². The molecule has 284 valence electrons. The number of nitrogens with zero attached hydrogens (tertiary/aromatic N) is 4. The Morgan fingerprint density at radius 1 is 0.483 bits per heavy atom. The van der Waals surface area contributed by atoms with Crippen molar-refractivity contribution in [1.82, 2.24) is 9.13 Å². The summed E-state index contributed by atoms with van der Waals surface area (Å²) < 4.78 is 4.79. The lowest BCUT2D eigenvalue weighted by molar-refractivity contribution is 1.02. The monoisotopic (exact) mass is 769 g/mol. The summed E-state index contributed by atoms with van der Waals surface area (Å²) in [6.07, 6.45) is 8.73. The molecule has 0 aliphatic heterocycles. The molecule has 2 heterocycles. The summed E-state index contributed by atoms with van der Waals surface area (Å²) in [4.78, 5) is 9.55. The van der Waals surface area contributed by atoms with E-state index in [4.69, 9.17) is 15.4 Å². The molecule has 1 aliphatic carbocycles. The highest BCUT2D eigenvalue weighted by atomic mass is 15.0. The van der Waals surface area contributed by atoms with Gasteiger partial charge in [-0.1, -0.05) is 140 Å². The van der Waals surface area contributed by atoms with E-state index in [0.29, 0.717) is 5.84 Å². The van der Waals surface area contributed by atoms with E-state index in [2.05, 4.69) is 149 Å². The second-order valence-corrected chi connectivity index (χ2v) is 15.3. The highest BCUT2D eigenvalue weighted by molar-refractivity contribution is 6.15. The van der Waals surface area contributed by atoms with Crippen LogP contribution in [0.2, 0.25) is 0 Å². The molecule has 1 N–H and O–H groups in total. The Labute approximate surface area is 347 Å².